The molecule has 3 heterocycles. The summed E-state index contributed by atoms with van der Waals surface area (Å²) in [6.45, 7) is 0. The predicted octanol–water partition coefficient (Wildman–Crippen LogP) is 5.05. The zero-order valence-electron chi connectivity index (χ0n) is 13.1. The fourth-order valence-electron chi connectivity index (χ4n) is 2.71. The van der Waals surface area contributed by atoms with E-state index in [0.29, 0.717) is 22.3 Å². The molecule has 138 valence electrons. The Morgan fingerprint density at radius 3 is 2.63 bits per heavy atom. The SMILES string of the molecule is O=c1cc(-c2cc3cc(OC(F)(F)F)ccc3[nH]2)nc2c(Cl)cc(Cl)cn12. The van der Waals surface area contributed by atoms with Crippen LogP contribution in [-0.2, 0) is 0 Å². The smallest absolute Gasteiger partial charge is 0.406 e. The van der Waals surface area contributed by atoms with E-state index < -0.39 is 11.9 Å². The Morgan fingerprint density at radius 1 is 1.11 bits per heavy atom. The number of pyridine rings is 1. The van der Waals surface area contributed by atoms with Gasteiger partial charge in [0.1, 0.15) is 5.75 Å². The maximum absolute atomic E-state index is 12.4. The highest BCUT2D eigenvalue weighted by atomic mass is 35.5. The standard InChI is InChI=1S/C17H8Cl2F3N3O2/c18-9-5-11(19)16-24-14(6-15(26)25(16)7-9)13-4-8-3-10(27-17(20,21)22)1-2-12(8)23-13/h1-7,23H. The molecule has 5 nitrogen and oxygen atoms in total. The van der Waals surface area contributed by atoms with Gasteiger partial charge in [0.2, 0.25) is 0 Å². The molecule has 0 aliphatic carbocycles. The Hall–Kier alpha value is -2.71. The summed E-state index contributed by atoms with van der Waals surface area (Å²) in [6.07, 6.45) is -3.38. The van der Waals surface area contributed by atoms with E-state index in [1.165, 1.54) is 40.9 Å². The minimum absolute atomic E-state index is 0.193. The van der Waals surface area contributed by atoms with Crippen LogP contribution < -0.4 is 10.3 Å². The number of halogens is 5. The van der Waals surface area contributed by atoms with E-state index in [4.69, 9.17) is 23.2 Å². The highest BCUT2D eigenvalue weighted by molar-refractivity contribution is 6.36. The Kier molecular flexibility index (Phi) is 4.05. The van der Waals surface area contributed by atoms with Crippen LogP contribution in [0.5, 0.6) is 5.75 Å². The Bertz CT molecular complexity index is 1250. The topological polar surface area (TPSA) is 59.4 Å². The summed E-state index contributed by atoms with van der Waals surface area (Å²) in [5, 5.41) is 0.946. The Labute approximate surface area is 158 Å². The molecule has 10 heteroatoms. The van der Waals surface area contributed by atoms with Crippen molar-refractivity contribution < 1.29 is 17.9 Å². The van der Waals surface area contributed by atoms with Crippen LogP contribution in [0.1, 0.15) is 0 Å². The summed E-state index contributed by atoms with van der Waals surface area (Å²) in [7, 11) is 0. The van der Waals surface area contributed by atoms with Gasteiger partial charge in [0, 0.05) is 23.2 Å². The van der Waals surface area contributed by atoms with Crippen molar-refractivity contribution in [3.05, 3.63) is 63.0 Å². The predicted molar refractivity (Wildman–Crippen MR) is 95.5 cm³/mol. The molecule has 0 aliphatic heterocycles. The Morgan fingerprint density at radius 2 is 1.89 bits per heavy atom. The molecule has 0 saturated carbocycles. The van der Waals surface area contributed by atoms with Crippen LogP contribution in [0.4, 0.5) is 13.2 Å². The van der Waals surface area contributed by atoms with Crippen molar-refractivity contribution in [1.29, 1.82) is 0 Å². The fourth-order valence-corrected chi connectivity index (χ4v) is 3.23. The van der Waals surface area contributed by atoms with Gasteiger partial charge in [0.05, 0.1) is 21.4 Å². The second-order valence-corrected chi connectivity index (χ2v) is 6.50. The molecule has 0 spiro atoms. The number of H-pyrrole nitrogens is 1. The fraction of sp³-hybridized carbons (Fsp3) is 0.0588. The van der Waals surface area contributed by atoms with Crippen molar-refractivity contribution >= 4 is 39.8 Å². The maximum atomic E-state index is 12.4. The minimum atomic E-state index is -4.78. The van der Waals surface area contributed by atoms with Gasteiger partial charge in [-0.3, -0.25) is 9.20 Å². The molecule has 0 bridgehead atoms. The van der Waals surface area contributed by atoms with Crippen molar-refractivity contribution in [3.63, 3.8) is 0 Å². The molecule has 27 heavy (non-hydrogen) atoms. The van der Waals surface area contributed by atoms with Crippen molar-refractivity contribution in [1.82, 2.24) is 14.4 Å². The van der Waals surface area contributed by atoms with Gasteiger partial charge in [-0.25, -0.2) is 4.98 Å². The molecule has 0 saturated heterocycles. The third-order valence-electron chi connectivity index (χ3n) is 3.78. The number of rotatable bonds is 2. The number of benzene rings is 1. The minimum Gasteiger partial charge on any atom is -0.406 e. The number of alkyl halides is 3. The number of hydrogen-bond donors (Lipinski definition) is 1. The summed E-state index contributed by atoms with van der Waals surface area (Å²) >= 11 is 12.0. The summed E-state index contributed by atoms with van der Waals surface area (Å²) in [6, 6.07) is 8.18. The van der Waals surface area contributed by atoms with Crippen LogP contribution in [0.25, 0.3) is 27.9 Å². The number of aromatic amines is 1. The lowest BCUT2D eigenvalue weighted by Crippen LogP contribution is -2.16. The van der Waals surface area contributed by atoms with E-state index in [-0.39, 0.29) is 21.4 Å². The van der Waals surface area contributed by atoms with Gasteiger partial charge >= 0.3 is 6.36 Å². The molecular formula is C17H8Cl2F3N3O2. The van der Waals surface area contributed by atoms with Crippen LogP contribution in [0.3, 0.4) is 0 Å². The first-order valence-corrected chi connectivity index (χ1v) is 8.22. The molecule has 3 aromatic heterocycles. The normalized spacial score (nSPS) is 12.0. The maximum Gasteiger partial charge on any atom is 0.573 e. The molecule has 0 atom stereocenters. The van der Waals surface area contributed by atoms with E-state index in [0.717, 1.165) is 0 Å². The lowest BCUT2D eigenvalue weighted by molar-refractivity contribution is -0.274. The van der Waals surface area contributed by atoms with Gasteiger partial charge < -0.3 is 9.72 Å². The first-order chi connectivity index (χ1) is 12.7. The Balaban J connectivity index is 1.83. The van der Waals surface area contributed by atoms with Gasteiger partial charge in [-0.2, -0.15) is 0 Å². The van der Waals surface area contributed by atoms with E-state index >= 15 is 0 Å². The molecule has 1 N–H and O–H groups in total. The van der Waals surface area contributed by atoms with Gasteiger partial charge in [-0.05, 0) is 30.3 Å². The molecule has 0 radical (unpaired) electrons. The van der Waals surface area contributed by atoms with Crippen LogP contribution in [0.15, 0.2) is 47.4 Å². The van der Waals surface area contributed by atoms with E-state index in [9.17, 15) is 18.0 Å². The summed E-state index contributed by atoms with van der Waals surface area (Å²) in [5.74, 6) is -0.343. The van der Waals surface area contributed by atoms with Crippen LogP contribution in [0, 0.1) is 0 Å². The molecule has 1 aromatic carbocycles. The summed E-state index contributed by atoms with van der Waals surface area (Å²) in [5.41, 5.74) is 1.10. The zero-order chi connectivity index (χ0) is 19.3. The van der Waals surface area contributed by atoms with Crippen molar-refractivity contribution in [3.8, 4) is 17.1 Å². The lowest BCUT2D eigenvalue weighted by atomic mass is 10.2. The van der Waals surface area contributed by atoms with Crippen LogP contribution >= 0.6 is 23.2 Å². The first-order valence-electron chi connectivity index (χ1n) is 7.47. The average Bonchev–Trinajstić information content (AvgIpc) is 2.97. The third kappa shape index (κ3) is 3.45. The monoisotopic (exact) mass is 413 g/mol. The summed E-state index contributed by atoms with van der Waals surface area (Å²) < 4.78 is 42.2. The quantitative estimate of drug-likeness (QED) is 0.500. The molecule has 4 rings (SSSR count). The highest BCUT2D eigenvalue weighted by Gasteiger charge is 2.31. The van der Waals surface area contributed by atoms with Gasteiger partial charge in [-0.1, -0.05) is 23.2 Å². The number of hydrogen-bond acceptors (Lipinski definition) is 3. The van der Waals surface area contributed by atoms with Crippen molar-refractivity contribution in [2.75, 3.05) is 0 Å². The van der Waals surface area contributed by atoms with Gasteiger partial charge in [0.15, 0.2) is 5.65 Å². The number of fused-ring (bicyclic) bond motifs is 2. The van der Waals surface area contributed by atoms with E-state index in [1.54, 1.807) is 6.07 Å². The second kappa shape index (κ2) is 6.17. The van der Waals surface area contributed by atoms with Crippen molar-refractivity contribution in [2.45, 2.75) is 6.36 Å². The molecule has 0 unspecified atom stereocenters. The first kappa shape index (κ1) is 17.7. The molecular weight excluding hydrogens is 406 g/mol. The van der Waals surface area contributed by atoms with Crippen LogP contribution in [-0.4, -0.2) is 20.7 Å². The summed E-state index contributed by atoms with van der Waals surface area (Å²) in [4.78, 5) is 19.7. The van der Waals surface area contributed by atoms with Gasteiger partial charge in [0.25, 0.3) is 5.56 Å². The largest absolute Gasteiger partial charge is 0.573 e. The van der Waals surface area contributed by atoms with E-state index in [2.05, 4.69) is 14.7 Å². The van der Waals surface area contributed by atoms with Crippen LogP contribution in [0.2, 0.25) is 10.0 Å². The number of nitrogens with one attached hydrogen (secondary N) is 1. The number of nitrogens with zero attached hydrogens (tertiary/aromatic N) is 2. The molecule has 0 amide bonds. The average molecular weight is 414 g/mol. The van der Waals surface area contributed by atoms with Crippen molar-refractivity contribution in [2.24, 2.45) is 0 Å². The third-order valence-corrected chi connectivity index (χ3v) is 4.27. The van der Waals surface area contributed by atoms with E-state index in [1.807, 2.05) is 0 Å². The molecule has 4 aromatic rings. The number of aromatic nitrogens is 3. The zero-order valence-corrected chi connectivity index (χ0v) is 14.7. The molecule has 0 aliphatic rings. The second-order valence-electron chi connectivity index (χ2n) is 5.66. The number of ether oxygens (including phenoxy) is 1. The van der Waals surface area contributed by atoms with Gasteiger partial charge in [-0.15, -0.1) is 13.2 Å². The molecule has 0 fully saturated rings. The lowest BCUT2D eigenvalue weighted by Gasteiger charge is -2.08. The highest BCUT2D eigenvalue weighted by Crippen LogP contribution is 2.29.